The Balaban J connectivity index is 2.86. The van der Waals surface area contributed by atoms with E-state index in [0.717, 1.165) is 17.9 Å². The Morgan fingerprint density at radius 3 is 2.67 bits per heavy atom. The minimum absolute atomic E-state index is 0.416. The Hall–Kier alpha value is -1.35. The highest BCUT2D eigenvalue weighted by molar-refractivity contribution is 5.41. The van der Waals surface area contributed by atoms with E-state index < -0.39 is 0 Å². The molecule has 1 aromatic rings. The van der Waals surface area contributed by atoms with Gasteiger partial charge in [0.25, 0.3) is 0 Å². The standard InChI is InChI=1S/C12H19N3/c1-4-7-15(10(2)3)12-6-5-11(8-13)9-14-12/h4-6,9-10H,1,7-8,13H2,2-3H3. The molecule has 0 atom stereocenters. The monoisotopic (exact) mass is 205 g/mol. The fraction of sp³-hybridized carbons (Fsp3) is 0.417. The molecule has 0 aliphatic heterocycles. The number of nitrogens with zero attached hydrogens (tertiary/aromatic N) is 2. The van der Waals surface area contributed by atoms with E-state index in [4.69, 9.17) is 5.73 Å². The van der Waals surface area contributed by atoms with Gasteiger partial charge in [0.2, 0.25) is 0 Å². The van der Waals surface area contributed by atoms with Crippen molar-refractivity contribution in [2.45, 2.75) is 26.4 Å². The van der Waals surface area contributed by atoms with Gasteiger partial charge in [-0.15, -0.1) is 6.58 Å². The number of nitrogens with two attached hydrogens (primary N) is 1. The lowest BCUT2D eigenvalue weighted by Gasteiger charge is -2.26. The molecule has 0 aliphatic carbocycles. The molecule has 3 nitrogen and oxygen atoms in total. The zero-order valence-electron chi connectivity index (χ0n) is 9.48. The Morgan fingerprint density at radius 2 is 2.27 bits per heavy atom. The second-order valence-corrected chi connectivity index (χ2v) is 3.76. The summed E-state index contributed by atoms with van der Waals surface area (Å²) in [6, 6.07) is 4.44. The summed E-state index contributed by atoms with van der Waals surface area (Å²) in [5.74, 6) is 0.974. The molecule has 1 rings (SSSR count). The third kappa shape index (κ3) is 3.06. The van der Waals surface area contributed by atoms with E-state index in [1.54, 1.807) is 0 Å². The quantitative estimate of drug-likeness (QED) is 0.747. The van der Waals surface area contributed by atoms with Crippen molar-refractivity contribution < 1.29 is 0 Å². The van der Waals surface area contributed by atoms with Crippen molar-refractivity contribution in [2.24, 2.45) is 5.73 Å². The van der Waals surface area contributed by atoms with E-state index in [9.17, 15) is 0 Å². The van der Waals surface area contributed by atoms with Crippen molar-refractivity contribution in [1.29, 1.82) is 0 Å². The van der Waals surface area contributed by atoms with Gasteiger partial charge in [0.1, 0.15) is 5.82 Å². The highest BCUT2D eigenvalue weighted by Crippen LogP contribution is 2.14. The molecule has 0 fully saturated rings. The van der Waals surface area contributed by atoms with Crippen LogP contribution in [0.5, 0.6) is 0 Å². The topological polar surface area (TPSA) is 42.1 Å². The zero-order chi connectivity index (χ0) is 11.3. The summed E-state index contributed by atoms with van der Waals surface area (Å²) < 4.78 is 0. The average Bonchev–Trinajstić information content (AvgIpc) is 2.26. The molecule has 0 saturated carbocycles. The van der Waals surface area contributed by atoms with Gasteiger partial charge in [-0.1, -0.05) is 12.1 Å². The third-order valence-electron chi connectivity index (χ3n) is 2.29. The molecule has 0 unspecified atom stereocenters. The number of anilines is 1. The molecule has 0 bridgehead atoms. The third-order valence-corrected chi connectivity index (χ3v) is 2.29. The maximum Gasteiger partial charge on any atom is 0.128 e. The minimum atomic E-state index is 0.416. The van der Waals surface area contributed by atoms with E-state index >= 15 is 0 Å². The maximum atomic E-state index is 5.52. The number of aromatic nitrogens is 1. The summed E-state index contributed by atoms with van der Waals surface area (Å²) in [4.78, 5) is 6.58. The van der Waals surface area contributed by atoms with Crippen molar-refractivity contribution in [3.63, 3.8) is 0 Å². The van der Waals surface area contributed by atoms with Gasteiger partial charge in [-0.25, -0.2) is 4.98 Å². The van der Waals surface area contributed by atoms with Crippen LogP contribution in [0.2, 0.25) is 0 Å². The minimum Gasteiger partial charge on any atom is -0.350 e. The number of rotatable bonds is 5. The van der Waals surface area contributed by atoms with Gasteiger partial charge < -0.3 is 10.6 Å². The smallest absolute Gasteiger partial charge is 0.128 e. The SMILES string of the molecule is C=CCN(c1ccc(CN)cn1)C(C)C. The number of hydrogen-bond donors (Lipinski definition) is 1. The van der Waals surface area contributed by atoms with Gasteiger partial charge >= 0.3 is 0 Å². The summed E-state index contributed by atoms with van der Waals surface area (Å²) in [5.41, 5.74) is 6.58. The Kier molecular flexibility index (Phi) is 4.31. The summed E-state index contributed by atoms with van der Waals surface area (Å²) in [7, 11) is 0. The number of hydrogen-bond acceptors (Lipinski definition) is 3. The maximum absolute atomic E-state index is 5.52. The molecule has 1 heterocycles. The number of pyridine rings is 1. The van der Waals surface area contributed by atoms with Gasteiger partial charge in [0, 0.05) is 25.3 Å². The van der Waals surface area contributed by atoms with E-state index in [-0.39, 0.29) is 0 Å². The Bertz CT molecular complexity index is 303. The van der Waals surface area contributed by atoms with Gasteiger partial charge in [-0.3, -0.25) is 0 Å². The average molecular weight is 205 g/mol. The van der Waals surface area contributed by atoms with Gasteiger partial charge in [-0.05, 0) is 25.5 Å². The fourth-order valence-corrected chi connectivity index (χ4v) is 1.42. The lowest BCUT2D eigenvalue weighted by atomic mass is 10.2. The lowest BCUT2D eigenvalue weighted by molar-refractivity contribution is 0.712. The van der Waals surface area contributed by atoms with E-state index in [2.05, 4.69) is 30.3 Å². The summed E-state index contributed by atoms with van der Waals surface area (Å²) in [6.07, 6.45) is 3.71. The van der Waals surface area contributed by atoms with Crippen LogP contribution in [0.4, 0.5) is 5.82 Å². The van der Waals surface area contributed by atoms with Crippen LogP contribution in [0.1, 0.15) is 19.4 Å². The predicted molar refractivity (Wildman–Crippen MR) is 64.8 cm³/mol. The first-order chi connectivity index (χ1) is 7.19. The van der Waals surface area contributed by atoms with Gasteiger partial charge in [-0.2, -0.15) is 0 Å². The zero-order valence-corrected chi connectivity index (χ0v) is 9.48. The Morgan fingerprint density at radius 1 is 1.53 bits per heavy atom. The van der Waals surface area contributed by atoms with Crippen LogP contribution in [0.15, 0.2) is 31.0 Å². The first-order valence-electron chi connectivity index (χ1n) is 5.21. The largest absolute Gasteiger partial charge is 0.350 e. The predicted octanol–water partition coefficient (Wildman–Crippen LogP) is 1.94. The van der Waals surface area contributed by atoms with Crippen LogP contribution in [0.25, 0.3) is 0 Å². The van der Waals surface area contributed by atoms with Crippen molar-refractivity contribution in [1.82, 2.24) is 4.98 Å². The molecule has 0 aromatic carbocycles. The van der Waals surface area contributed by atoms with Crippen molar-refractivity contribution in [3.8, 4) is 0 Å². The van der Waals surface area contributed by atoms with E-state index in [0.29, 0.717) is 12.6 Å². The van der Waals surface area contributed by atoms with Crippen LogP contribution in [-0.2, 0) is 6.54 Å². The van der Waals surface area contributed by atoms with Gasteiger partial charge in [0.05, 0.1) is 0 Å². The van der Waals surface area contributed by atoms with Crippen molar-refractivity contribution in [3.05, 3.63) is 36.5 Å². The molecule has 2 N–H and O–H groups in total. The second kappa shape index (κ2) is 5.51. The van der Waals surface area contributed by atoms with E-state index in [1.807, 2.05) is 24.4 Å². The highest BCUT2D eigenvalue weighted by Gasteiger charge is 2.09. The summed E-state index contributed by atoms with van der Waals surface area (Å²) in [5, 5.41) is 0. The van der Waals surface area contributed by atoms with Gasteiger partial charge in [0.15, 0.2) is 0 Å². The molecule has 0 amide bonds. The summed E-state index contributed by atoms with van der Waals surface area (Å²) in [6.45, 7) is 9.38. The molecule has 1 aromatic heterocycles. The molecule has 0 saturated heterocycles. The van der Waals surface area contributed by atoms with E-state index in [1.165, 1.54) is 0 Å². The van der Waals surface area contributed by atoms with Crippen LogP contribution < -0.4 is 10.6 Å². The van der Waals surface area contributed by atoms with Crippen molar-refractivity contribution >= 4 is 5.82 Å². The van der Waals surface area contributed by atoms with Crippen LogP contribution in [0, 0.1) is 0 Å². The first kappa shape index (κ1) is 11.7. The molecular formula is C12H19N3. The highest BCUT2D eigenvalue weighted by atomic mass is 15.2. The molecule has 82 valence electrons. The fourth-order valence-electron chi connectivity index (χ4n) is 1.42. The second-order valence-electron chi connectivity index (χ2n) is 3.76. The molecule has 0 spiro atoms. The molecule has 3 heteroatoms. The molecule has 0 radical (unpaired) electrons. The molecule has 0 aliphatic rings. The van der Waals surface area contributed by atoms with Crippen LogP contribution in [0.3, 0.4) is 0 Å². The lowest BCUT2D eigenvalue weighted by Crippen LogP contribution is -2.31. The van der Waals surface area contributed by atoms with Crippen molar-refractivity contribution in [2.75, 3.05) is 11.4 Å². The molecular weight excluding hydrogens is 186 g/mol. The van der Waals surface area contributed by atoms with Crippen LogP contribution in [-0.4, -0.2) is 17.6 Å². The van der Waals surface area contributed by atoms with Crippen LogP contribution >= 0.6 is 0 Å². The normalized spacial score (nSPS) is 10.4. The first-order valence-corrected chi connectivity index (χ1v) is 5.21. The molecule has 15 heavy (non-hydrogen) atoms. The Labute approximate surface area is 91.6 Å². The summed E-state index contributed by atoms with van der Waals surface area (Å²) >= 11 is 0.